The Balaban J connectivity index is 2.45. The highest BCUT2D eigenvalue weighted by atomic mass is 32.2. The van der Waals surface area contributed by atoms with E-state index in [0.29, 0.717) is 5.56 Å². The van der Waals surface area contributed by atoms with E-state index in [1.54, 1.807) is 19.1 Å². The predicted molar refractivity (Wildman–Crippen MR) is 75.5 cm³/mol. The summed E-state index contributed by atoms with van der Waals surface area (Å²) in [6, 6.07) is 5.30. The number of sulfonamides is 1. The monoisotopic (exact) mass is 311 g/mol. The quantitative estimate of drug-likeness (QED) is 0.733. The molecule has 1 aromatic rings. The minimum atomic E-state index is -3.93. The summed E-state index contributed by atoms with van der Waals surface area (Å²) < 4.78 is 26.3. The number of piperazine rings is 1. The van der Waals surface area contributed by atoms with E-state index < -0.39 is 27.9 Å². The number of nitrogens with zero attached hydrogens (tertiary/aromatic N) is 1. The third kappa shape index (κ3) is 2.97. The third-order valence-corrected chi connectivity index (χ3v) is 5.19. The summed E-state index contributed by atoms with van der Waals surface area (Å²) in [4.78, 5) is 23.3. The molecule has 0 radical (unpaired) electrons. The van der Waals surface area contributed by atoms with E-state index in [4.69, 9.17) is 5.73 Å². The number of carbonyl (C=O) groups excluding carboxylic acids is 2. The van der Waals surface area contributed by atoms with Crippen molar-refractivity contribution in [2.24, 2.45) is 5.73 Å². The molecule has 1 saturated heterocycles. The molecule has 3 N–H and O–H groups in total. The molecule has 1 aliphatic heterocycles. The van der Waals surface area contributed by atoms with Crippen LogP contribution in [0.4, 0.5) is 0 Å². The van der Waals surface area contributed by atoms with Crippen LogP contribution in [0, 0.1) is 0 Å². The summed E-state index contributed by atoms with van der Waals surface area (Å²) in [6.07, 6.45) is 0.287. The fraction of sp³-hybridized carbons (Fsp3) is 0.385. The van der Waals surface area contributed by atoms with Crippen molar-refractivity contribution in [1.82, 2.24) is 9.62 Å². The summed E-state index contributed by atoms with van der Waals surface area (Å²) in [7, 11) is -3.93. The molecule has 1 unspecified atom stereocenters. The van der Waals surface area contributed by atoms with Gasteiger partial charge >= 0.3 is 0 Å². The maximum atomic E-state index is 12.7. The Morgan fingerprint density at radius 1 is 1.38 bits per heavy atom. The molecule has 8 heteroatoms. The van der Waals surface area contributed by atoms with Gasteiger partial charge in [0.05, 0.1) is 11.4 Å². The summed E-state index contributed by atoms with van der Waals surface area (Å²) in [5, 5.41) is 2.15. The van der Waals surface area contributed by atoms with Gasteiger partial charge < -0.3 is 5.73 Å². The Kier molecular flexibility index (Phi) is 4.40. The summed E-state index contributed by atoms with van der Waals surface area (Å²) in [5.41, 5.74) is 6.18. The first-order chi connectivity index (χ1) is 9.90. The lowest BCUT2D eigenvalue weighted by atomic mass is 10.2. The van der Waals surface area contributed by atoms with Gasteiger partial charge in [-0.05, 0) is 24.1 Å². The first kappa shape index (κ1) is 15.6. The second-order valence-corrected chi connectivity index (χ2v) is 6.63. The van der Waals surface area contributed by atoms with E-state index in [2.05, 4.69) is 5.32 Å². The number of nitrogens with one attached hydrogen (secondary N) is 1. The summed E-state index contributed by atoms with van der Waals surface area (Å²) in [6.45, 7) is 1.54. The number of imide groups is 1. The van der Waals surface area contributed by atoms with Gasteiger partial charge in [0.2, 0.25) is 21.8 Å². The lowest BCUT2D eigenvalue weighted by molar-refractivity contribution is -0.137. The molecule has 0 bridgehead atoms. The average molecular weight is 311 g/mol. The van der Waals surface area contributed by atoms with Gasteiger partial charge in [-0.1, -0.05) is 19.1 Å². The topological polar surface area (TPSA) is 110 Å². The average Bonchev–Trinajstić information content (AvgIpc) is 2.46. The van der Waals surface area contributed by atoms with Crippen molar-refractivity contribution < 1.29 is 18.0 Å². The molecule has 0 aromatic heterocycles. The molecule has 1 atom stereocenters. The van der Waals surface area contributed by atoms with Gasteiger partial charge in [-0.2, -0.15) is 4.31 Å². The van der Waals surface area contributed by atoms with Crippen molar-refractivity contribution >= 4 is 21.8 Å². The maximum absolute atomic E-state index is 12.7. The minimum absolute atomic E-state index is 0.0337. The summed E-state index contributed by atoms with van der Waals surface area (Å²) >= 11 is 0. The van der Waals surface area contributed by atoms with E-state index in [0.717, 1.165) is 4.31 Å². The number of benzene rings is 1. The van der Waals surface area contributed by atoms with Crippen molar-refractivity contribution in [3.8, 4) is 0 Å². The molecule has 1 fully saturated rings. The zero-order valence-corrected chi connectivity index (χ0v) is 12.4. The fourth-order valence-electron chi connectivity index (χ4n) is 2.25. The van der Waals surface area contributed by atoms with Gasteiger partial charge in [-0.3, -0.25) is 14.9 Å². The van der Waals surface area contributed by atoms with Crippen molar-refractivity contribution in [2.45, 2.75) is 30.8 Å². The number of amides is 2. The standard InChI is InChI=1S/C13H17N3O4S/c1-2-11-13(18)15-12(17)8-16(11)21(19,20)10-5-3-4-9(6-10)7-14/h3-6,11H,2,7-8,14H2,1H3,(H,15,17,18). The van der Waals surface area contributed by atoms with Gasteiger partial charge in [0.15, 0.2) is 0 Å². The van der Waals surface area contributed by atoms with Crippen LogP contribution in [0.15, 0.2) is 29.2 Å². The normalized spacial score (nSPS) is 20.4. The molecule has 21 heavy (non-hydrogen) atoms. The lowest BCUT2D eigenvalue weighted by Gasteiger charge is -2.32. The predicted octanol–water partition coefficient (Wildman–Crippen LogP) is -0.429. The highest BCUT2D eigenvalue weighted by Gasteiger charge is 2.40. The Morgan fingerprint density at radius 2 is 2.10 bits per heavy atom. The fourth-order valence-corrected chi connectivity index (χ4v) is 3.94. The molecular weight excluding hydrogens is 294 g/mol. The van der Waals surface area contributed by atoms with Crippen LogP contribution in [0.5, 0.6) is 0 Å². The first-order valence-corrected chi connectivity index (χ1v) is 7.98. The van der Waals surface area contributed by atoms with Crippen molar-refractivity contribution in [3.63, 3.8) is 0 Å². The van der Waals surface area contributed by atoms with E-state index in [9.17, 15) is 18.0 Å². The van der Waals surface area contributed by atoms with Gasteiger partial charge in [-0.25, -0.2) is 8.42 Å². The van der Waals surface area contributed by atoms with Crippen LogP contribution in [0.25, 0.3) is 0 Å². The van der Waals surface area contributed by atoms with Crippen LogP contribution in [-0.4, -0.2) is 37.1 Å². The second-order valence-electron chi connectivity index (χ2n) is 4.74. The van der Waals surface area contributed by atoms with E-state index in [-0.39, 0.29) is 24.4 Å². The second kappa shape index (κ2) is 5.92. The Morgan fingerprint density at radius 3 is 2.71 bits per heavy atom. The Labute approximate surface area is 123 Å². The highest BCUT2D eigenvalue weighted by molar-refractivity contribution is 7.89. The molecule has 0 saturated carbocycles. The molecule has 1 aliphatic rings. The molecule has 0 spiro atoms. The Bertz CT molecular complexity index is 672. The van der Waals surface area contributed by atoms with Crippen LogP contribution >= 0.6 is 0 Å². The van der Waals surface area contributed by atoms with Crippen LogP contribution in [0.3, 0.4) is 0 Å². The third-order valence-electron chi connectivity index (χ3n) is 3.34. The van der Waals surface area contributed by atoms with E-state index in [1.807, 2.05) is 0 Å². The van der Waals surface area contributed by atoms with Crippen LogP contribution in [0.1, 0.15) is 18.9 Å². The van der Waals surface area contributed by atoms with Crippen LogP contribution in [-0.2, 0) is 26.2 Å². The summed E-state index contributed by atoms with van der Waals surface area (Å²) in [5.74, 6) is -1.21. The molecule has 114 valence electrons. The first-order valence-electron chi connectivity index (χ1n) is 6.54. The SMILES string of the molecule is CCC1C(=O)NC(=O)CN1S(=O)(=O)c1cccc(CN)c1. The zero-order valence-electron chi connectivity index (χ0n) is 11.6. The molecule has 2 rings (SSSR count). The largest absolute Gasteiger partial charge is 0.326 e. The molecule has 1 heterocycles. The number of nitrogens with two attached hydrogens (primary N) is 1. The molecular formula is C13H17N3O4S. The van der Waals surface area contributed by atoms with Crippen LogP contribution < -0.4 is 11.1 Å². The number of rotatable bonds is 4. The smallest absolute Gasteiger partial charge is 0.245 e. The minimum Gasteiger partial charge on any atom is -0.326 e. The van der Waals surface area contributed by atoms with Crippen molar-refractivity contribution in [3.05, 3.63) is 29.8 Å². The number of hydrogen-bond acceptors (Lipinski definition) is 5. The van der Waals surface area contributed by atoms with Crippen molar-refractivity contribution in [1.29, 1.82) is 0 Å². The van der Waals surface area contributed by atoms with Gasteiger partial charge in [-0.15, -0.1) is 0 Å². The molecule has 2 amide bonds. The Hall–Kier alpha value is -1.77. The van der Waals surface area contributed by atoms with E-state index in [1.165, 1.54) is 12.1 Å². The highest BCUT2D eigenvalue weighted by Crippen LogP contribution is 2.22. The number of hydrogen-bond donors (Lipinski definition) is 2. The van der Waals surface area contributed by atoms with Crippen molar-refractivity contribution in [2.75, 3.05) is 6.54 Å². The van der Waals surface area contributed by atoms with Gasteiger partial charge in [0.1, 0.15) is 6.04 Å². The molecule has 1 aromatic carbocycles. The van der Waals surface area contributed by atoms with Crippen LogP contribution in [0.2, 0.25) is 0 Å². The number of carbonyl (C=O) groups is 2. The molecule has 0 aliphatic carbocycles. The van der Waals surface area contributed by atoms with E-state index >= 15 is 0 Å². The zero-order chi connectivity index (χ0) is 15.6. The van der Waals surface area contributed by atoms with Gasteiger partial charge in [0.25, 0.3) is 0 Å². The lowest BCUT2D eigenvalue weighted by Crippen LogP contribution is -2.59. The molecule has 7 nitrogen and oxygen atoms in total. The maximum Gasteiger partial charge on any atom is 0.245 e. The van der Waals surface area contributed by atoms with Gasteiger partial charge in [0, 0.05) is 6.54 Å².